The van der Waals surface area contributed by atoms with Gasteiger partial charge in [0.25, 0.3) is 0 Å². The number of benzene rings is 8. The van der Waals surface area contributed by atoms with Crippen LogP contribution in [0.25, 0.3) is 77.3 Å². The molecule has 3 nitrogen and oxygen atoms in total. The molecule has 10 aromatic rings. The fraction of sp³-hybridized carbons (Fsp3) is 0.111. The highest BCUT2D eigenvalue weighted by atomic mass is 16.3. The average Bonchev–Trinajstić information content (AvgIpc) is 3.92. The van der Waals surface area contributed by atoms with E-state index in [0.29, 0.717) is 0 Å². The Morgan fingerprint density at radius 1 is 0.333 bits per heavy atom. The lowest BCUT2D eigenvalue weighted by atomic mass is 9.82. The van der Waals surface area contributed by atoms with Gasteiger partial charge >= 0.3 is 0 Å². The maximum absolute atomic E-state index is 6.61. The Kier molecular flexibility index (Phi) is 6.46. The van der Waals surface area contributed by atoms with E-state index in [0.717, 1.165) is 66.5 Å². The molecule has 0 amide bonds. The average molecular weight is 734 g/mol. The van der Waals surface area contributed by atoms with E-state index in [2.05, 4.69) is 190 Å². The monoisotopic (exact) mass is 733 g/mol. The molecular weight excluding hydrogens is 695 g/mol. The van der Waals surface area contributed by atoms with E-state index in [1.807, 2.05) is 6.07 Å². The molecule has 0 saturated carbocycles. The van der Waals surface area contributed by atoms with E-state index in [4.69, 9.17) is 8.83 Å². The van der Waals surface area contributed by atoms with Crippen molar-refractivity contribution in [3.05, 3.63) is 186 Å². The van der Waals surface area contributed by atoms with Crippen LogP contribution in [0.3, 0.4) is 0 Å². The molecule has 0 aliphatic heterocycles. The van der Waals surface area contributed by atoms with Gasteiger partial charge in [0.2, 0.25) is 0 Å². The number of anilines is 3. The van der Waals surface area contributed by atoms with Gasteiger partial charge in [-0.2, -0.15) is 0 Å². The number of hydrogen-bond acceptors (Lipinski definition) is 3. The van der Waals surface area contributed by atoms with Crippen molar-refractivity contribution in [1.82, 2.24) is 0 Å². The summed E-state index contributed by atoms with van der Waals surface area (Å²) in [7, 11) is 0. The van der Waals surface area contributed by atoms with Crippen LogP contribution < -0.4 is 4.90 Å². The molecule has 0 unspecified atom stereocenters. The lowest BCUT2D eigenvalue weighted by Crippen LogP contribution is -2.18. The number of furan rings is 2. The second kappa shape index (κ2) is 11.4. The van der Waals surface area contributed by atoms with E-state index in [1.54, 1.807) is 0 Å². The molecule has 0 N–H and O–H groups in total. The highest BCUT2D eigenvalue weighted by molar-refractivity contribution is 6.15. The quantitative estimate of drug-likeness (QED) is 0.180. The van der Waals surface area contributed by atoms with Crippen LogP contribution in [0.2, 0.25) is 0 Å². The fourth-order valence-corrected chi connectivity index (χ4v) is 10.1. The summed E-state index contributed by atoms with van der Waals surface area (Å²) in [5.74, 6) is 0. The van der Waals surface area contributed by atoms with E-state index in [-0.39, 0.29) is 10.8 Å². The van der Waals surface area contributed by atoms with Crippen molar-refractivity contribution in [2.45, 2.75) is 38.5 Å². The summed E-state index contributed by atoms with van der Waals surface area (Å²) in [6, 6.07) is 59.7. The zero-order chi connectivity index (χ0) is 38.2. The maximum atomic E-state index is 6.61. The van der Waals surface area contributed by atoms with Gasteiger partial charge in [0.1, 0.15) is 22.3 Å². The molecule has 272 valence electrons. The Morgan fingerprint density at radius 3 is 1.44 bits per heavy atom. The molecule has 2 aliphatic carbocycles. The Hall–Kier alpha value is -6.84. The van der Waals surface area contributed by atoms with Gasteiger partial charge in [-0.3, -0.25) is 0 Å². The van der Waals surface area contributed by atoms with Gasteiger partial charge in [-0.25, -0.2) is 0 Å². The van der Waals surface area contributed by atoms with E-state index in [1.165, 1.54) is 50.1 Å². The summed E-state index contributed by atoms with van der Waals surface area (Å²) in [6.45, 7) is 9.41. The number of nitrogens with zero attached hydrogens (tertiary/aromatic N) is 1. The normalized spacial score (nSPS) is 14.6. The number of fused-ring (bicyclic) bond motifs is 12. The van der Waals surface area contributed by atoms with Crippen molar-refractivity contribution >= 4 is 60.9 Å². The molecule has 2 heterocycles. The Balaban J connectivity index is 1.04. The first-order chi connectivity index (χ1) is 27.7. The van der Waals surface area contributed by atoms with Crippen molar-refractivity contribution in [3.8, 4) is 33.4 Å². The zero-order valence-corrected chi connectivity index (χ0v) is 32.4. The SMILES string of the molecule is CC1(C)c2ccccc2-c2ccc(N(c3ccc4c(c3)C(C)(C)c3ccccc3-4)c3ccc4oc5cc6c(cc5c4c3)oc3cc(-c4ccccc4)ccc36)cc21. The molecule has 0 bridgehead atoms. The third-order valence-corrected chi connectivity index (χ3v) is 13.1. The lowest BCUT2D eigenvalue weighted by Gasteiger charge is -2.29. The van der Waals surface area contributed by atoms with Crippen LogP contribution >= 0.6 is 0 Å². The van der Waals surface area contributed by atoms with Crippen molar-refractivity contribution in [2.75, 3.05) is 4.90 Å². The molecule has 0 spiro atoms. The van der Waals surface area contributed by atoms with Gasteiger partial charge in [-0.15, -0.1) is 0 Å². The minimum atomic E-state index is -0.125. The topological polar surface area (TPSA) is 29.5 Å². The molecule has 57 heavy (non-hydrogen) atoms. The zero-order valence-electron chi connectivity index (χ0n) is 32.4. The third kappa shape index (κ3) is 4.54. The first-order valence-electron chi connectivity index (χ1n) is 19.9. The van der Waals surface area contributed by atoms with Gasteiger partial charge in [-0.1, -0.05) is 125 Å². The predicted octanol–water partition coefficient (Wildman–Crippen LogP) is 15.2. The molecule has 0 fully saturated rings. The standard InChI is InChI=1S/C54H39NO2/c1-53(2)45-16-10-8-14-37(45)39-23-19-35(28-47(39)53)55(36-20-24-40-38-15-9-11-17-46(38)54(3,4)48(40)29-36)34-21-25-49-42(27-34)44-31-51-43(30-52(44)56-49)41-22-18-33(26-50(41)57-51)32-12-6-5-7-13-32/h5-31H,1-4H3. The van der Waals surface area contributed by atoms with Gasteiger partial charge < -0.3 is 13.7 Å². The lowest BCUT2D eigenvalue weighted by molar-refractivity contribution is 0.660. The molecule has 8 aromatic carbocycles. The number of rotatable bonds is 4. The summed E-state index contributed by atoms with van der Waals surface area (Å²) in [5.41, 5.74) is 19.5. The van der Waals surface area contributed by atoms with Gasteiger partial charge in [-0.05, 0) is 122 Å². The smallest absolute Gasteiger partial charge is 0.136 e. The molecule has 0 radical (unpaired) electrons. The summed E-state index contributed by atoms with van der Waals surface area (Å²) >= 11 is 0. The van der Waals surface area contributed by atoms with Crippen LogP contribution in [0, 0.1) is 0 Å². The second-order valence-electron chi connectivity index (χ2n) is 16.9. The first-order valence-corrected chi connectivity index (χ1v) is 19.9. The van der Waals surface area contributed by atoms with Gasteiger partial charge in [0.15, 0.2) is 0 Å². The largest absolute Gasteiger partial charge is 0.456 e. The summed E-state index contributed by atoms with van der Waals surface area (Å²) in [5, 5.41) is 4.24. The number of hydrogen-bond donors (Lipinski definition) is 0. The second-order valence-corrected chi connectivity index (χ2v) is 16.9. The van der Waals surface area contributed by atoms with Crippen LogP contribution in [0.1, 0.15) is 49.9 Å². The van der Waals surface area contributed by atoms with E-state index in [9.17, 15) is 0 Å². The third-order valence-electron chi connectivity index (χ3n) is 13.1. The van der Waals surface area contributed by atoms with Crippen LogP contribution in [0.5, 0.6) is 0 Å². The molecular formula is C54H39NO2. The van der Waals surface area contributed by atoms with Crippen LogP contribution in [0.15, 0.2) is 173 Å². The highest BCUT2D eigenvalue weighted by Crippen LogP contribution is 2.53. The van der Waals surface area contributed by atoms with Crippen LogP contribution in [0.4, 0.5) is 17.1 Å². The van der Waals surface area contributed by atoms with Crippen molar-refractivity contribution in [2.24, 2.45) is 0 Å². The predicted molar refractivity (Wildman–Crippen MR) is 236 cm³/mol. The Morgan fingerprint density at radius 2 is 0.807 bits per heavy atom. The first kappa shape index (κ1) is 32.4. The molecule has 2 aromatic heterocycles. The summed E-state index contributed by atoms with van der Waals surface area (Å²) in [6.07, 6.45) is 0. The van der Waals surface area contributed by atoms with E-state index >= 15 is 0 Å². The van der Waals surface area contributed by atoms with Crippen molar-refractivity contribution in [1.29, 1.82) is 0 Å². The summed E-state index contributed by atoms with van der Waals surface area (Å²) in [4.78, 5) is 2.43. The highest BCUT2D eigenvalue weighted by Gasteiger charge is 2.37. The van der Waals surface area contributed by atoms with E-state index < -0.39 is 0 Å². The molecule has 3 heteroatoms. The minimum absolute atomic E-state index is 0.125. The van der Waals surface area contributed by atoms with Crippen LogP contribution in [-0.4, -0.2) is 0 Å². The van der Waals surface area contributed by atoms with Gasteiger partial charge in [0, 0.05) is 49.4 Å². The molecule has 12 rings (SSSR count). The van der Waals surface area contributed by atoms with Crippen LogP contribution in [-0.2, 0) is 10.8 Å². The summed E-state index contributed by atoms with van der Waals surface area (Å²) < 4.78 is 13.2. The molecule has 0 atom stereocenters. The van der Waals surface area contributed by atoms with Crippen molar-refractivity contribution in [3.63, 3.8) is 0 Å². The molecule has 0 saturated heterocycles. The minimum Gasteiger partial charge on any atom is -0.456 e. The Labute approximate surface area is 331 Å². The molecule has 2 aliphatic rings. The maximum Gasteiger partial charge on any atom is 0.136 e. The van der Waals surface area contributed by atoms with Gasteiger partial charge in [0.05, 0.1) is 0 Å². The van der Waals surface area contributed by atoms with Crippen molar-refractivity contribution < 1.29 is 8.83 Å². The Bertz CT molecular complexity index is 3200. The fourth-order valence-electron chi connectivity index (χ4n) is 10.1.